The molecule has 1 saturated carbocycles. The van der Waals surface area contributed by atoms with Gasteiger partial charge in [0.15, 0.2) is 0 Å². The Labute approximate surface area is 114 Å². The van der Waals surface area contributed by atoms with E-state index in [0.29, 0.717) is 11.8 Å². The second-order valence-corrected chi connectivity index (χ2v) is 6.25. The Balaban J connectivity index is 2.09. The molecule has 0 bridgehead atoms. The monoisotopic (exact) mass is 264 g/mol. The van der Waals surface area contributed by atoms with E-state index in [1.807, 2.05) is 19.4 Å². The molecule has 1 N–H and O–H groups in total. The topological polar surface area (TPSA) is 55.1 Å². The second-order valence-electron chi connectivity index (χ2n) is 6.25. The standard InChI is InChI=1S/C15H24N2O2/c1-10(2)12-4-5-14(15(18)19)13(7-12)6-11-8-16-17(3)9-11/h8-10,12-14H,4-7H2,1-3H3,(H,18,19). The Morgan fingerprint density at radius 1 is 1.53 bits per heavy atom. The summed E-state index contributed by atoms with van der Waals surface area (Å²) in [7, 11) is 1.90. The summed E-state index contributed by atoms with van der Waals surface area (Å²) < 4.78 is 1.79. The molecule has 0 radical (unpaired) electrons. The number of rotatable bonds is 4. The van der Waals surface area contributed by atoms with Gasteiger partial charge in [-0.1, -0.05) is 13.8 Å². The van der Waals surface area contributed by atoms with Crippen molar-refractivity contribution in [3.05, 3.63) is 18.0 Å². The van der Waals surface area contributed by atoms with Gasteiger partial charge in [0.25, 0.3) is 0 Å². The minimum absolute atomic E-state index is 0.185. The van der Waals surface area contributed by atoms with Crippen LogP contribution in [-0.4, -0.2) is 20.9 Å². The maximum Gasteiger partial charge on any atom is 0.306 e. The molecule has 0 spiro atoms. The van der Waals surface area contributed by atoms with Crippen molar-refractivity contribution in [1.82, 2.24) is 9.78 Å². The first-order valence-electron chi connectivity index (χ1n) is 7.17. The molecule has 0 aliphatic heterocycles. The molecular weight excluding hydrogens is 240 g/mol. The summed E-state index contributed by atoms with van der Waals surface area (Å²) in [6, 6.07) is 0. The summed E-state index contributed by atoms with van der Waals surface area (Å²) in [5.74, 6) is 0.748. The number of hydrogen-bond donors (Lipinski definition) is 1. The SMILES string of the molecule is CC(C)C1CCC(C(=O)O)C(Cc2cnn(C)c2)C1. The van der Waals surface area contributed by atoms with Crippen LogP contribution < -0.4 is 0 Å². The number of carboxylic acids is 1. The Bertz CT molecular complexity index is 439. The Morgan fingerprint density at radius 3 is 2.79 bits per heavy atom. The van der Waals surface area contributed by atoms with Gasteiger partial charge >= 0.3 is 5.97 Å². The fraction of sp³-hybridized carbons (Fsp3) is 0.733. The molecule has 4 heteroatoms. The average molecular weight is 264 g/mol. The summed E-state index contributed by atoms with van der Waals surface area (Å²) >= 11 is 0. The van der Waals surface area contributed by atoms with Crippen LogP contribution in [0.5, 0.6) is 0 Å². The highest BCUT2D eigenvalue weighted by molar-refractivity contribution is 5.70. The van der Waals surface area contributed by atoms with Gasteiger partial charge in [0.1, 0.15) is 0 Å². The van der Waals surface area contributed by atoms with E-state index in [1.54, 1.807) is 4.68 Å². The molecule has 19 heavy (non-hydrogen) atoms. The van der Waals surface area contributed by atoms with E-state index in [4.69, 9.17) is 0 Å². The van der Waals surface area contributed by atoms with Crippen molar-refractivity contribution in [3.8, 4) is 0 Å². The van der Waals surface area contributed by atoms with Gasteiger partial charge in [0.2, 0.25) is 0 Å². The highest BCUT2D eigenvalue weighted by atomic mass is 16.4. The predicted octanol–water partition coefficient (Wildman–Crippen LogP) is 2.74. The molecule has 3 unspecified atom stereocenters. The summed E-state index contributed by atoms with van der Waals surface area (Å²) in [4.78, 5) is 11.4. The number of aliphatic carboxylic acids is 1. The maximum atomic E-state index is 11.4. The molecule has 1 fully saturated rings. The van der Waals surface area contributed by atoms with Crippen molar-refractivity contribution >= 4 is 5.97 Å². The largest absolute Gasteiger partial charge is 0.481 e. The third kappa shape index (κ3) is 3.37. The van der Waals surface area contributed by atoms with E-state index in [0.717, 1.165) is 31.2 Å². The van der Waals surface area contributed by atoms with Gasteiger partial charge < -0.3 is 5.11 Å². The predicted molar refractivity (Wildman–Crippen MR) is 73.7 cm³/mol. The molecule has 1 aliphatic carbocycles. The number of carbonyl (C=O) groups is 1. The van der Waals surface area contributed by atoms with Crippen molar-refractivity contribution in [2.75, 3.05) is 0 Å². The van der Waals surface area contributed by atoms with E-state index in [1.165, 1.54) is 0 Å². The lowest BCUT2D eigenvalue weighted by Crippen LogP contribution is -2.33. The summed E-state index contributed by atoms with van der Waals surface area (Å²) in [6.45, 7) is 4.49. The highest BCUT2D eigenvalue weighted by Crippen LogP contribution is 2.39. The van der Waals surface area contributed by atoms with Crippen LogP contribution in [0.3, 0.4) is 0 Å². The molecule has 1 aromatic rings. The van der Waals surface area contributed by atoms with E-state index in [9.17, 15) is 9.90 Å². The van der Waals surface area contributed by atoms with Crippen LogP contribution in [0.4, 0.5) is 0 Å². The number of hydrogen-bond acceptors (Lipinski definition) is 2. The molecular formula is C15H24N2O2. The minimum atomic E-state index is -0.629. The normalized spacial score (nSPS) is 27.7. The summed E-state index contributed by atoms with van der Waals surface area (Å²) in [6.07, 6.45) is 7.61. The first-order valence-corrected chi connectivity index (χ1v) is 7.17. The van der Waals surface area contributed by atoms with Crippen molar-refractivity contribution < 1.29 is 9.90 Å². The molecule has 106 valence electrons. The lowest BCUT2D eigenvalue weighted by atomic mass is 9.69. The van der Waals surface area contributed by atoms with Crippen LogP contribution in [0.25, 0.3) is 0 Å². The van der Waals surface area contributed by atoms with Crippen molar-refractivity contribution in [3.63, 3.8) is 0 Å². The Morgan fingerprint density at radius 2 is 2.26 bits per heavy atom. The molecule has 3 atom stereocenters. The van der Waals surface area contributed by atoms with Crippen LogP contribution in [0, 0.1) is 23.7 Å². The molecule has 1 heterocycles. The third-order valence-electron chi connectivity index (χ3n) is 4.54. The fourth-order valence-electron chi connectivity index (χ4n) is 3.34. The zero-order valence-corrected chi connectivity index (χ0v) is 12.0. The van der Waals surface area contributed by atoms with Crippen LogP contribution in [0.2, 0.25) is 0 Å². The zero-order valence-electron chi connectivity index (χ0n) is 12.0. The molecule has 2 rings (SSSR count). The quantitative estimate of drug-likeness (QED) is 0.909. The maximum absolute atomic E-state index is 11.4. The number of carboxylic acid groups (broad SMARTS) is 1. The summed E-state index contributed by atoms with van der Waals surface area (Å²) in [5, 5.41) is 13.6. The van der Waals surface area contributed by atoms with Crippen molar-refractivity contribution in [2.45, 2.75) is 39.5 Å². The van der Waals surface area contributed by atoms with Gasteiger partial charge in [-0.15, -0.1) is 0 Å². The van der Waals surface area contributed by atoms with Crippen LogP contribution in [0.1, 0.15) is 38.7 Å². The van der Waals surface area contributed by atoms with E-state index in [-0.39, 0.29) is 11.8 Å². The number of aryl methyl sites for hydroxylation is 1. The van der Waals surface area contributed by atoms with Gasteiger partial charge in [-0.05, 0) is 49.0 Å². The number of nitrogens with zero attached hydrogens (tertiary/aromatic N) is 2. The molecule has 1 aliphatic rings. The van der Waals surface area contributed by atoms with Gasteiger partial charge in [-0.3, -0.25) is 9.48 Å². The minimum Gasteiger partial charge on any atom is -0.481 e. The molecule has 4 nitrogen and oxygen atoms in total. The average Bonchev–Trinajstić information content (AvgIpc) is 2.74. The first kappa shape index (κ1) is 14.1. The van der Waals surface area contributed by atoms with E-state index >= 15 is 0 Å². The first-order chi connectivity index (χ1) is 8.97. The van der Waals surface area contributed by atoms with Gasteiger partial charge in [-0.25, -0.2) is 0 Å². The lowest BCUT2D eigenvalue weighted by Gasteiger charge is -2.35. The van der Waals surface area contributed by atoms with Crippen LogP contribution in [-0.2, 0) is 18.3 Å². The molecule has 0 aromatic carbocycles. The molecule has 1 aromatic heterocycles. The van der Waals surface area contributed by atoms with Gasteiger partial charge in [-0.2, -0.15) is 5.10 Å². The third-order valence-corrected chi connectivity index (χ3v) is 4.54. The second kappa shape index (κ2) is 5.76. The van der Waals surface area contributed by atoms with Crippen molar-refractivity contribution in [2.24, 2.45) is 30.7 Å². The Hall–Kier alpha value is -1.32. The fourth-order valence-corrected chi connectivity index (χ4v) is 3.34. The van der Waals surface area contributed by atoms with Crippen LogP contribution in [0.15, 0.2) is 12.4 Å². The molecule has 0 amide bonds. The summed E-state index contributed by atoms with van der Waals surface area (Å²) in [5.41, 5.74) is 1.16. The van der Waals surface area contributed by atoms with Gasteiger partial charge in [0, 0.05) is 13.2 Å². The van der Waals surface area contributed by atoms with E-state index in [2.05, 4.69) is 18.9 Å². The van der Waals surface area contributed by atoms with E-state index < -0.39 is 5.97 Å². The van der Waals surface area contributed by atoms with Crippen LogP contribution >= 0.6 is 0 Å². The van der Waals surface area contributed by atoms with Gasteiger partial charge in [0.05, 0.1) is 12.1 Å². The number of aromatic nitrogens is 2. The smallest absolute Gasteiger partial charge is 0.306 e. The lowest BCUT2D eigenvalue weighted by molar-refractivity contribution is -0.145. The zero-order chi connectivity index (χ0) is 14.0. The van der Waals surface area contributed by atoms with Crippen molar-refractivity contribution in [1.29, 1.82) is 0 Å². The highest BCUT2D eigenvalue weighted by Gasteiger charge is 2.35. The Kier molecular flexibility index (Phi) is 4.27. The molecule has 0 saturated heterocycles.